The lowest BCUT2D eigenvalue weighted by atomic mass is 9.84. The molecule has 7 nitrogen and oxygen atoms in total. The van der Waals surface area contributed by atoms with Gasteiger partial charge in [0.1, 0.15) is 5.82 Å². The summed E-state index contributed by atoms with van der Waals surface area (Å²) in [6.45, 7) is 4.59. The molecule has 0 radical (unpaired) electrons. The van der Waals surface area contributed by atoms with Crippen molar-refractivity contribution in [2.75, 3.05) is 5.75 Å². The number of aromatic nitrogens is 3. The van der Waals surface area contributed by atoms with Crippen molar-refractivity contribution < 1.29 is 9.59 Å². The second-order valence-corrected chi connectivity index (χ2v) is 9.48. The molecule has 0 aliphatic heterocycles. The van der Waals surface area contributed by atoms with Crippen molar-refractivity contribution in [3.8, 4) is 0 Å². The highest BCUT2D eigenvalue weighted by Gasteiger charge is 2.42. The summed E-state index contributed by atoms with van der Waals surface area (Å²) in [5.41, 5.74) is 1.14. The highest BCUT2D eigenvalue weighted by Crippen LogP contribution is 2.49. The first kappa shape index (κ1) is 20.9. The minimum Gasteiger partial charge on any atom is -0.335 e. The van der Waals surface area contributed by atoms with E-state index in [1.807, 2.05) is 41.8 Å². The van der Waals surface area contributed by atoms with Gasteiger partial charge in [0.05, 0.1) is 12.3 Å². The summed E-state index contributed by atoms with van der Waals surface area (Å²) in [5.74, 6) is 2.68. The van der Waals surface area contributed by atoms with Gasteiger partial charge in [0.2, 0.25) is 5.91 Å². The van der Waals surface area contributed by atoms with E-state index in [0.29, 0.717) is 17.6 Å². The number of carbonyl (C=O) groups is 2. The van der Waals surface area contributed by atoms with Crippen LogP contribution in [-0.2, 0) is 11.3 Å². The average Bonchev–Trinajstić information content (AvgIpc) is 3.44. The van der Waals surface area contributed by atoms with Gasteiger partial charge in [-0.25, -0.2) is 4.79 Å². The van der Waals surface area contributed by atoms with Crippen LogP contribution in [-0.4, -0.2) is 38.5 Å². The van der Waals surface area contributed by atoms with E-state index >= 15 is 0 Å². The van der Waals surface area contributed by atoms with Crippen molar-refractivity contribution >= 4 is 23.7 Å². The molecule has 2 fully saturated rings. The Hall–Kier alpha value is -2.35. The molecule has 2 aromatic rings. The third-order valence-corrected chi connectivity index (χ3v) is 7.43. The fourth-order valence-corrected chi connectivity index (χ4v) is 5.75. The van der Waals surface area contributed by atoms with E-state index in [1.54, 1.807) is 0 Å². The maximum absolute atomic E-state index is 12.3. The van der Waals surface area contributed by atoms with Crippen LogP contribution < -0.4 is 10.6 Å². The molecule has 2 aliphatic carbocycles. The van der Waals surface area contributed by atoms with Gasteiger partial charge in [-0.3, -0.25) is 10.1 Å². The zero-order valence-electron chi connectivity index (χ0n) is 17.5. The number of rotatable bonds is 7. The number of carbonyl (C=O) groups excluding carboxylic acids is 2. The van der Waals surface area contributed by atoms with Gasteiger partial charge in [-0.15, -0.1) is 10.2 Å². The van der Waals surface area contributed by atoms with E-state index < -0.39 is 6.03 Å². The van der Waals surface area contributed by atoms with Crippen LogP contribution in [0.1, 0.15) is 44.0 Å². The Kier molecular flexibility index (Phi) is 6.41. The van der Waals surface area contributed by atoms with Gasteiger partial charge in [0.15, 0.2) is 5.16 Å². The van der Waals surface area contributed by atoms with Crippen LogP contribution in [0, 0.1) is 24.7 Å². The Morgan fingerprint density at radius 1 is 1.20 bits per heavy atom. The molecular formula is C22H29N5O2S. The Bertz CT molecular complexity index is 900. The molecule has 2 aliphatic rings. The molecule has 1 aromatic carbocycles. The van der Waals surface area contributed by atoms with Gasteiger partial charge in [0.25, 0.3) is 0 Å². The zero-order chi connectivity index (χ0) is 21.1. The molecule has 3 amide bonds. The Morgan fingerprint density at radius 2 is 2.00 bits per heavy atom. The molecule has 4 rings (SSSR count). The van der Waals surface area contributed by atoms with E-state index in [4.69, 9.17) is 0 Å². The van der Waals surface area contributed by atoms with E-state index in [1.165, 1.54) is 37.4 Å². The fraction of sp³-hybridized carbons (Fsp3) is 0.545. The second-order valence-electron chi connectivity index (χ2n) is 8.54. The molecule has 2 N–H and O–H groups in total. The highest BCUT2D eigenvalue weighted by atomic mass is 32.2. The third-order valence-electron chi connectivity index (χ3n) is 6.46. The summed E-state index contributed by atoms with van der Waals surface area (Å²) in [5, 5.41) is 14.4. The largest absolute Gasteiger partial charge is 0.335 e. The first-order valence-electron chi connectivity index (χ1n) is 10.7. The van der Waals surface area contributed by atoms with Gasteiger partial charge < -0.3 is 9.88 Å². The molecule has 0 spiro atoms. The molecular weight excluding hydrogens is 398 g/mol. The molecule has 2 bridgehead atoms. The third kappa shape index (κ3) is 4.86. The van der Waals surface area contributed by atoms with Crippen LogP contribution in [0.25, 0.3) is 0 Å². The van der Waals surface area contributed by atoms with E-state index in [-0.39, 0.29) is 17.7 Å². The topological polar surface area (TPSA) is 88.9 Å². The zero-order valence-corrected chi connectivity index (χ0v) is 18.3. The van der Waals surface area contributed by atoms with E-state index in [2.05, 4.69) is 27.8 Å². The van der Waals surface area contributed by atoms with Crippen molar-refractivity contribution in [2.24, 2.45) is 17.8 Å². The minimum atomic E-state index is -0.405. The Labute approximate surface area is 181 Å². The molecule has 160 valence electrons. The molecule has 1 heterocycles. The van der Waals surface area contributed by atoms with Gasteiger partial charge in [0, 0.05) is 6.04 Å². The normalized spacial score (nSPS) is 23.3. The van der Waals surface area contributed by atoms with Crippen LogP contribution in [0.4, 0.5) is 4.79 Å². The van der Waals surface area contributed by atoms with Gasteiger partial charge >= 0.3 is 6.03 Å². The minimum absolute atomic E-state index is 0.0948. The predicted molar refractivity (Wildman–Crippen MR) is 116 cm³/mol. The average molecular weight is 428 g/mol. The smallest absolute Gasteiger partial charge is 0.321 e. The van der Waals surface area contributed by atoms with Crippen LogP contribution >= 0.6 is 11.8 Å². The first-order chi connectivity index (χ1) is 14.5. The van der Waals surface area contributed by atoms with Crippen LogP contribution in [0.5, 0.6) is 0 Å². The highest BCUT2D eigenvalue weighted by molar-refractivity contribution is 7.99. The van der Waals surface area contributed by atoms with Crippen molar-refractivity contribution in [1.82, 2.24) is 25.4 Å². The molecule has 0 saturated heterocycles. The monoisotopic (exact) mass is 427 g/mol. The number of benzene rings is 1. The number of thioether (sulfide) groups is 1. The number of hydrogen-bond donors (Lipinski definition) is 2. The summed E-state index contributed by atoms with van der Waals surface area (Å²) in [6, 6.07) is 9.74. The summed E-state index contributed by atoms with van der Waals surface area (Å²) < 4.78 is 1.98. The lowest BCUT2D eigenvalue weighted by Crippen LogP contribution is -2.47. The molecule has 8 heteroatoms. The number of imide groups is 1. The summed E-state index contributed by atoms with van der Waals surface area (Å²) in [7, 11) is 0. The van der Waals surface area contributed by atoms with Crippen molar-refractivity contribution in [3.63, 3.8) is 0 Å². The molecule has 2 saturated carbocycles. The molecule has 4 atom stereocenters. The molecule has 30 heavy (non-hydrogen) atoms. The lowest BCUT2D eigenvalue weighted by Gasteiger charge is -2.28. The SMILES string of the molecule is Cc1nnc(SCC(=O)NC(=O)NC(C)C2CC3CCC2C3)n1Cc1ccccc1. The van der Waals surface area contributed by atoms with Gasteiger partial charge in [-0.1, -0.05) is 48.5 Å². The number of aryl methyl sites for hydroxylation is 1. The predicted octanol–water partition coefficient (Wildman–Crippen LogP) is 3.38. The second kappa shape index (κ2) is 9.20. The van der Waals surface area contributed by atoms with Gasteiger partial charge in [-0.05, 0) is 56.4 Å². The summed E-state index contributed by atoms with van der Waals surface area (Å²) in [6.07, 6.45) is 5.12. The van der Waals surface area contributed by atoms with Crippen LogP contribution in [0.3, 0.4) is 0 Å². The maximum Gasteiger partial charge on any atom is 0.321 e. The number of nitrogens with zero attached hydrogens (tertiary/aromatic N) is 3. The number of nitrogens with one attached hydrogen (secondary N) is 2. The van der Waals surface area contributed by atoms with Crippen LogP contribution in [0.2, 0.25) is 0 Å². The van der Waals surface area contributed by atoms with Crippen molar-refractivity contribution in [3.05, 3.63) is 41.7 Å². The maximum atomic E-state index is 12.3. The standard InChI is InChI=1S/C22H29N5O2S/c1-14(19-11-17-8-9-18(19)10-17)23-21(29)24-20(28)13-30-22-26-25-15(2)27(22)12-16-6-4-3-5-7-16/h3-7,14,17-19H,8-13H2,1-2H3,(H2,23,24,28,29). The fourth-order valence-electron chi connectivity index (χ4n) is 4.97. The first-order valence-corrected chi connectivity index (χ1v) is 11.6. The summed E-state index contributed by atoms with van der Waals surface area (Å²) >= 11 is 1.29. The van der Waals surface area contributed by atoms with Crippen molar-refractivity contribution in [2.45, 2.75) is 57.3 Å². The number of hydrogen-bond acceptors (Lipinski definition) is 5. The Morgan fingerprint density at radius 3 is 2.70 bits per heavy atom. The van der Waals surface area contributed by atoms with E-state index in [9.17, 15) is 9.59 Å². The lowest BCUT2D eigenvalue weighted by molar-refractivity contribution is -0.117. The van der Waals surface area contributed by atoms with Gasteiger partial charge in [-0.2, -0.15) is 0 Å². The molecule has 4 unspecified atom stereocenters. The van der Waals surface area contributed by atoms with Crippen LogP contribution in [0.15, 0.2) is 35.5 Å². The molecule has 1 aromatic heterocycles. The quantitative estimate of drug-likeness (QED) is 0.662. The summed E-state index contributed by atoms with van der Waals surface area (Å²) in [4.78, 5) is 24.5. The van der Waals surface area contributed by atoms with E-state index in [0.717, 1.165) is 23.2 Å². The number of fused-ring (bicyclic) bond motifs is 2. The Balaban J connectivity index is 1.25. The number of urea groups is 1. The number of amides is 3. The van der Waals surface area contributed by atoms with Crippen molar-refractivity contribution in [1.29, 1.82) is 0 Å².